The van der Waals surface area contributed by atoms with Crippen LogP contribution in [0.2, 0.25) is 0 Å². The largest absolute Gasteiger partial charge is 0.242 e. The van der Waals surface area contributed by atoms with E-state index in [1.165, 1.54) is 4.31 Å². The van der Waals surface area contributed by atoms with Gasteiger partial charge in [-0.15, -0.1) is 11.6 Å². The second-order valence-electron chi connectivity index (χ2n) is 5.12. The average Bonchev–Trinajstić information content (AvgIpc) is 2.36. The maximum atomic E-state index is 12.3. The summed E-state index contributed by atoms with van der Waals surface area (Å²) in [6.07, 6.45) is 1.78. The van der Waals surface area contributed by atoms with Crippen LogP contribution in [0.5, 0.6) is 0 Å². The van der Waals surface area contributed by atoms with Crippen LogP contribution in [0.1, 0.15) is 25.8 Å². The van der Waals surface area contributed by atoms with Crippen LogP contribution in [0, 0.1) is 5.92 Å². The third-order valence-corrected chi connectivity index (χ3v) is 4.96. The summed E-state index contributed by atoms with van der Waals surface area (Å²) in [6, 6.07) is 7.08. The maximum Gasteiger partial charge on any atom is 0.242 e. The molecule has 0 radical (unpaired) electrons. The van der Waals surface area contributed by atoms with E-state index in [9.17, 15) is 8.42 Å². The molecule has 0 atom stereocenters. The summed E-state index contributed by atoms with van der Waals surface area (Å²) in [4.78, 5) is 0.352. The number of sulfonamides is 1. The number of rotatable bonds is 7. The summed E-state index contributed by atoms with van der Waals surface area (Å²) in [6.45, 7) is 4.53. The lowest BCUT2D eigenvalue weighted by molar-refractivity contribution is 0.417. The second-order valence-corrected chi connectivity index (χ2v) is 7.54. The van der Waals surface area contributed by atoms with Gasteiger partial charge in [-0.25, -0.2) is 12.7 Å². The molecule has 108 valence electrons. The Morgan fingerprint density at radius 1 is 1.21 bits per heavy atom. The van der Waals surface area contributed by atoms with Gasteiger partial charge in [0.1, 0.15) is 0 Å². The molecule has 0 aliphatic carbocycles. The van der Waals surface area contributed by atoms with E-state index in [4.69, 9.17) is 11.6 Å². The van der Waals surface area contributed by atoms with Crippen LogP contribution < -0.4 is 0 Å². The third kappa shape index (κ3) is 4.79. The highest BCUT2D eigenvalue weighted by Gasteiger charge is 2.20. The first kappa shape index (κ1) is 16.5. The number of alkyl halides is 1. The number of nitrogens with zero attached hydrogens (tertiary/aromatic N) is 1. The van der Waals surface area contributed by atoms with Crippen molar-refractivity contribution in [3.63, 3.8) is 0 Å². The van der Waals surface area contributed by atoms with Gasteiger partial charge in [0.25, 0.3) is 0 Å². The van der Waals surface area contributed by atoms with Crippen molar-refractivity contribution in [3.05, 3.63) is 29.8 Å². The van der Waals surface area contributed by atoms with Gasteiger partial charge >= 0.3 is 0 Å². The molecule has 0 fully saturated rings. The van der Waals surface area contributed by atoms with E-state index in [0.717, 1.165) is 18.4 Å². The van der Waals surface area contributed by atoms with E-state index in [2.05, 4.69) is 0 Å². The molecule has 0 amide bonds. The average molecular weight is 304 g/mol. The highest BCUT2D eigenvalue weighted by molar-refractivity contribution is 7.89. The molecular formula is C14H22ClNO2S. The highest BCUT2D eigenvalue weighted by Crippen LogP contribution is 2.17. The van der Waals surface area contributed by atoms with Crippen molar-refractivity contribution in [3.8, 4) is 0 Å². The summed E-state index contributed by atoms with van der Waals surface area (Å²) in [5.74, 6) is 0.930. The molecule has 0 unspecified atom stereocenters. The molecule has 0 aliphatic rings. The Morgan fingerprint density at radius 2 is 1.79 bits per heavy atom. The first-order valence-electron chi connectivity index (χ1n) is 6.49. The Hall–Kier alpha value is -0.580. The van der Waals surface area contributed by atoms with Crippen LogP contribution in [0.15, 0.2) is 29.2 Å². The predicted molar refractivity (Wildman–Crippen MR) is 80.1 cm³/mol. The fourth-order valence-corrected chi connectivity index (χ4v) is 3.36. The zero-order valence-electron chi connectivity index (χ0n) is 11.8. The third-order valence-electron chi connectivity index (χ3n) is 2.85. The van der Waals surface area contributed by atoms with Gasteiger partial charge in [0, 0.05) is 19.5 Å². The SMILES string of the molecule is CC(C)CN(C)S(=O)(=O)c1ccc(CCCCl)cc1. The number of benzene rings is 1. The fourth-order valence-electron chi connectivity index (χ4n) is 1.89. The standard InChI is InChI=1S/C14H22ClNO2S/c1-12(2)11-16(3)19(17,18)14-8-6-13(7-9-14)5-4-10-15/h6-9,12H,4-5,10-11H2,1-3H3. The van der Waals surface area contributed by atoms with Crippen molar-refractivity contribution >= 4 is 21.6 Å². The minimum absolute atomic E-state index is 0.308. The number of hydrogen-bond donors (Lipinski definition) is 0. The van der Waals surface area contributed by atoms with Crippen LogP contribution in [-0.4, -0.2) is 32.2 Å². The smallest absolute Gasteiger partial charge is 0.207 e. The van der Waals surface area contributed by atoms with Gasteiger partial charge in [0.15, 0.2) is 0 Å². The monoisotopic (exact) mass is 303 g/mol. The first-order valence-corrected chi connectivity index (χ1v) is 8.46. The highest BCUT2D eigenvalue weighted by atomic mass is 35.5. The lowest BCUT2D eigenvalue weighted by Gasteiger charge is -2.19. The topological polar surface area (TPSA) is 37.4 Å². The minimum Gasteiger partial charge on any atom is -0.207 e. The van der Waals surface area contributed by atoms with Crippen LogP contribution in [0.25, 0.3) is 0 Å². The lowest BCUT2D eigenvalue weighted by atomic mass is 10.1. The zero-order chi connectivity index (χ0) is 14.5. The van der Waals surface area contributed by atoms with E-state index in [-0.39, 0.29) is 0 Å². The normalized spacial score (nSPS) is 12.3. The Labute approximate surface area is 121 Å². The summed E-state index contributed by atoms with van der Waals surface area (Å²) >= 11 is 5.64. The van der Waals surface area contributed by atoms with Gasteiger partial charge in [0.2, 0.25) is 10.0 Å². The Kier molecular flexibility index (Phi) is 6.30. The predicted octanol–water partition coefficient (Wildman–Crippen LogP) is 3.13. The molecule has 3 nitrogen and oxygen atoms in total. The lowest BCUT2D eigenvalue weighted by Crippen LogP contribution is -2.30. The van der Waals surface area contributed by atoms with Gasteiger partial charge in [-0.05, 0) is 36.5 Å². The Balaban J connectivity index is 2.84. The van der Waals surface area contributed by atoms with E-state index in [0.29, 0.717) is 23.2 Å². The molecular weight excluding hydrogens is 282 g/mol. The van der Waals surface area contributed by atoms with Crippen LogP contribution in [-0.2, 0) is 16.4 Å². The van der Waals surface area contributed by atoms with Crippen molar-refractivity contribution < 1.29 is 8.42 Å². The molecule has 1 rings (SSSR count). The minimum atomic E-state index is -3.36. The number of halogens is 1. The first-order chi connectivity index (χ1) is 8.87. The maximum absolute atomic E-state index is 12.3. The van der Waals surface area contributed by atoms with Gasteiger partial charge in [-0.3, -0.25) is 0 Å². The Bertz CT molecular complexity index is 483. The van der Waals surface area contributed by atoms with Crippen molar-refractivity contribution in [2.24, 2.45) is 5.92 Å². The van der Waals surface area contributed by atoms with E-state index in [1.54, 1.807) is 19.2 Å². The molecule has 1 aromatic carbocycles. The molecule has 0 bridgehead atoms. The quantitative estimate of drug-likeness (QED) is 0.726. The summed E-state index contributed by atoms with van der Waals surface area (Å²) in [5.41, 5.74) is 1.12. The molecule has 19 heavy (non-hydrogen) atoms. The van der Waals surface area contributed by atoms with Crippen LogP contribution in [0.3, 0.4) is 0 Å². The van der Waals surface area contributed by atoms with E-state index in [1.807, 2.05) is 26.0 Å². The molecule has 0 saturated heterocycles. The summed E-state index contributed by atoms with van der Waals surface area (Å²) in [7, 11) is -1.74. The van der Waals surface area contributed by atoms with Crippen molar-refractivity contribution in [1.82, 2.24) is 4.31 Å². The van der Waals surface area contributed by atoms with Crippen molar-refractivity contribution in [1.29, 1.82) is 0 Å². The van der Waals surface area contributed by atoms with E-state index >= 15 is 0 Å². The van der Waals surface area contributed by atoms with Gasteiger partial charge in [-0.2, -0.15) is 0 Å². The molecule has 0 aromatic heterocycles. The Morgan fingerprint density at radius 3 is 2.26 bits per heavy atom. The van der Waals surface area contributed by atoms with Gasteiger partial charge in [0.05, 0.1) is 4.90 Å². The van der Waals surface area contributed by atoms with Crippen LogP contribution in [0.4, 0.5) is 0 Å². The van der Waals surface area contributed by atoms with Crippen LogP contribution >= 0.6 is 11.6 Å². The molecule has 0 heterocycles. The molecule has 0 spiro atoms. The van der Waals surface area contributed by atoms with Gasteiger partial charge < -0.3 is 0 Å². The summed E-state index contributed by atoms with van der Waals surface area (Å²) in [5, 5.41) is 0. The van der Waals surface area contributed by atoms with Crippen molar-refractivity contribution in [2.45, 2.75) is 31.6 Å². The molecule has 1 aromatic rings. The van der Waals surface area contributed by atoms with Crippen molar-refractivity contribution in [2.75, 3.05) is 19.5 Å². The van der Waals surface area contributed by atoms with Gasteiger partial charge in [-0.1, -0.05) is 26.0 Å². The zero-order valence-corrected chi connectivity index (χ0v) is 13.3. The molecule has 0 saturated carbocycles. The number of aryl methyl sites for hydroxylation is 1. The van der Waals surface area contributed by atoms with E-state index < -0.39 is 10.0 Å². The fraction of sp³-hybridized carbons (Fsp3) is 0.571. The molecule has 0 aliphatic heterocycles. The molecule has 5 heteroatoms. The molecule has 0 N–H and O–H groups in total. The second kappa shape index (κ2) is 7.27. The summed E-state index contributed by atoms with van der Waals surface area (Å²) < 4.78 is 26.0. The number of hydrogen-bond acceptors (Lipinski definition) is 2.